The number of carbonyl (C=O) groups excluding carboxylic acids is 2. The zero-order chi connectivity index (χ0) is 19.6. The van der Waals surface area contributed by atoms with Crippen molar-refractivity contribution >= 4 is 34.9 Å². The van der Waals surface area contributed by atoms with E-state index < -0.39 is 0 Å². The maximum absolute atomic E-state index is 12.9. The molecular weight excluding hydrogens is 386 g/mol. The SMILES string of the molecule is COc1ccc(Cl)cc1C(=O)/C=C1\SC(C(C)=O)=C(C)N1CC1CCCO1. The molecule has 1 atom stereocenters. The van der Waals surface area contributed by atoms with Gasteiger partial charge in [0.05, 0.1) is 28.7 Å². The molecule has 1 saturated heterocycles. The molecule has 27 heavy (non-hydrogen) atoms. The molecule has 7 heteroatoms. The van der Waals surface area contributed by atoms with E-state index in [-0.39, 0.29) is 17.7 Å². The van der Waals surface area contributed by atoms with E-state index in [2.05, 4.69) is 0 Å². The standard InChI is InChI=1S/C20H22ClNO4S/c1-12-20(13(2)23)27-19(22(12)11-15-5-4-8-26-15)10-17(24)16-9-14(21)6-7-18(16)25-3/h6-7,9-10,15H,4-5,8,11H2,1-3H3/b19-10-. The van der Waals surface area contributed by atoms with E-state index in [1.54, 1.807) is 31.2 Å². The molecule has 0 spiro atoms. The molecule has 1 aromatic rings. The molecule has 0 saturated carbocycles. The summed E-state index contributed by atoms with van der Waals surface area (Å²) in [6.07, 6.45) is 3.66. The summed E-state index contributed by atoms with van der Waals surface area (Å²) in [6.45, 7) is 4.83. The van der Waals surface area contributed by atoms with Crippen molar-refractivity contribution in [1.82, 2.24) is 4.90 Å². The van der Waals surface area contributed by atoms with Crippen LogP contribution in [-0.2, 0) is 9.53 Å². The Morgan fingerprint density at radius 3 is 2.85 bits per heavy atom. The summed E-state index contributed by atoms with van der Waals surface area (Å²) in [5.41, 5.74) is 1.25. The number of carbonyl (C=O) groups is 2. The minimum absolute atomic E-state index is 0.00831. The molecule has 0 N–H and O–H groups in total. The summed E-state index contributed by atoms with van der Waals surface area (Å²) in [4.78, 5) is 27.6. The number of rotatable bonds is 6. The fraction of sp³-hybridized carbons (Fsp3) is 0.400. The minimum atomic E-state index is -0.216. The largest absolute Gasteiger partial charge is 0.496 e. The zero-order valence-corrected chi connectivity index (χ0v) is 17.2. The Balaban J connectivity index is 1.91. The van der Waals surface area contributed by atoms with Crippen LogP contribution < -0.4 is 4.74 Å². The van der Waals surface area contributed by atoms with Crippen molar-refractivity contribution in [2.45, 2.75) is 32.8 Å². The van der Waals surface area contributed by atoms with E-state index in [1.165, 1.54) is 18.9 Å². The van der Waals surface area contributed by atoms with Crippen molar-refractivity contribution in [2.24, 2.45) is 0 Å². The number of hydrogen-bond acceptors (Lipinski definition) is 6. The lowest BCUT2D eigenvalue weighted by atomic mass is 10.1. The second kappa shape index (κ2) is 8.50. The monoisotopic (exact) mass is 407 g/mol. The van der Waals surface area contributed by atoms with Crippen LogP contribution in [0.2, 0.25) is 5.02 Å². The first kappa shape index (κ1) is 20.0. The number of hydrogen-bond donors (Lipinski definition) is 0. The van der Waals surface area contributed by atoms with Gasteiger partial charge in [0.2, 0.25) is 0 Å². The second-order valence-electron chi connectivity index (χ2n) is 6.51. The topological polar surface area (TPSA) is 55.8 Å². The smallest absolute Gasteiger partial charge is 0.192 e. The summed E-state index contributed by atoms with van der Waals surface area (Å²) in [5.74, 6) is 0.240. The third-order valence-corrected chi connectivity index (χ3v) is 6.19. The van der Waals surface area contributed by atoms with Crippen molar-refractivity contribution in [2.75, 3.05) is 20.3 Å². The quantitative estimate of drug-likeness (QED) is 0.514. The van der Waals surface area contributed by atoms with E-state index in [4.69, 9.17) is 21.1 Å². The Morgan fingerprint density at radius 2 is 2.22 bits per heavy atom. The van der Waals surface area contributed by atoms with Gasteiger partial charge in [-0.25, -0.2) is 0 Å². The first-order valence-electron chi connectivity index (χ1n) is 8.79. The molecule has 0 bridgehead atoms. The predicted octanol–water partition coefficient (Wildman–Crippen LogP) is 4.42. The molecule has 0 aliphatic carbocycles. The maximum atomic E-state index is 12.9. The molecule has 2 heterocycles. The number of nitrogens with zero attached hydrogens (tertiary/aromatic N) is 1. The van der Waals surface area contributed by atoms with E-state index in [9.17, 15) is 9.59 Å². The van der Waals surface area contributed by atoms with Crippen molar-refractivity contribution in [3.05, 3.63) is 50.5 Å². The highest BCUT2D eigenvalue weighted by Gasteiger charge is 2.31. The molecular formula is C20H22ClNO4S. The molecule has 0 radical (unpaired) electrons. The van der Waals surface area contributed by atoms with Crippen LogP contribution in [0.5, 0.6) is 5.75 Å². The average Bonchev–Trinajstić information content (AvgIpc) is 3.25. The summed E-state index contributed by atoms with van der Waals surface area (Å²) in [5, 5.41) is 1.19. The second-order valence-corrected chi connectivity index (χ2v) is 7.98. The third-order valence-electron chi connectivity index (χ3n) is 4.62. The van der Waals surface area contributed by atoms with E-state index >= 15 is 0 Å². The molecule has 1 unspecified atom stereocenters. The van der Waals surface area contributed by atoms with Crippen molar-refractivity contribution in [3.8, 4) is 5.75 Å². The lowest BCUT2D eigenvalue weighted by Crippen LogP contribution is -2.28. The maximum Gasteiger partial charge on any atom is 0.192 e. The highest BCUT2D eigenvalue weighted by Crippen LogP contribution is 2.42. The lowest BCUT2D eigenvalue weighted by Gasteiger charge is -2.24. The first-order valence-corrected chi connectivity index (χ1v) is 9.98. The van der Waals surface area contributed by atoms with Crippen LogP contribution in [0.1, 0.15) is 37.0 Å². The van der Waals surface area contributed by atoms with Gasteiger partial charge in [0.15, 0.2) is 11.6 Å². The van der Waals surface area contributed by atoms with Gasteiger partial charge in [-0.05, 0) is 44.9 Å². The van der Waals surface area contributed by atoms with Crippen LogP contribution in [-0.4, -0.2) is 42.8 Å². The number of thioether (sulfide) groups is 1. The Hall–Kier alpha value is -1.76. The van der Waals surface area contributed by atoms with Crippen LogP contribution in [0.15, 0.2) is 39.9 Å². The zero-order valence-electron chi connectivity index (χ0n) is 15.6. The van der Waals surface area contributed by atoms with Crippen molar-refractivity contribution in [3.63, 3.8) is 0 Å². The summed E-state index contributed by atoms with van der Waals surface area (Å²) < 4.78 is 11.0. The van der Waals surface area contributed by atoms with Crippen molar-refractivity contribution < 1.29 is 19.1 Å². The average molecular weight is 408 g/mol. The molecule has 1 aromatic carbocycles. The molecule has 2 aliphatic rings. The van der Waals surface area contributed by atoms with E-state index in [0.29, 0.717) is 27.8 Å². The van der Waals surface area contributed by atoms with Crippen LogP contribution in [0, 0.1) is 0 Å². The fourth-order valence-electron chi connectivity index (χ4n) is 3.24. The normalized spacial score (nSPS) is 21.3. The summed E-state index contributed by atoms with van der Waals surface area (Å²) in [7, 11) is 1.51. The van der Waals surface area contributed by atoms with Gasteiger partial charge in [-0.15, -0.1) is 0 Å². The molecule has 3 rings (SSSR count). The van der Waals surface area contributed by atoms with Crippen LogP contribution in [0.4, 0.5) is 0 Å². The Labute approximate surface area is 168 Å². The van der Waals surface area contributed by atoms with Crippen LogP contribution in [0.25, 0.3) is 0 Å². The number of ether oxygens (including phenoxy) is 2. The highest BCUT2D eigenvalue weighted by molar-refractivity contribution is 8.07. The van der Waals surface area contributed by atoms with E-state index in [1.807, 2.05) is 11.8 Å². The van der Waals surface area contributed by atoms with Gasteiger partial charge >= 0.3 is 0 Å². The van der Waals surface area contributed by atoms with E-state index in [0.717, 1.165) is 30.2 Å². The molecule has 0 amide bonds. The van der Waals surface area contributed by atoms with Gasteiger partial charge in [-0.3, -0.25) is 9.59 Å². The van der Waals surface area contributed by atoms with Gasteiger partial charge in [0.25, 0.3) is 0 Å². The third kappa shape index (κ3) is 4.39. The fourth-order valence-corrected chi connectivity index (χ4v) is 4.51. The van der Waals surface area contributed by atoms with Gasteiger partial charge in [0, 0.05) is 29.9 Å². The molecule has 144 valence electrons. The van der Waals surface area contributed by atoms with Gasteiger partial charge in [-0.2, -0.15) is 0 Å². The lowest BCUT2D eigenvalue weighted by molar-refractivity contribution is -0.113. The van der Waals surface area contributed by atoms with Gasteiger partial charge < -0.3 is 14.4 Å². The number of ketones is 2. The molecule has 5 nitrogen and oxygen atoms in total. The number of allylic oxidation sites excluding steroid dienone is 3. The van der Waals surface area contributed by atoms with Crippen molar-refractivity contribution in [1.29, 1.82) is 0 Å². The number of halogens is 1. The van der Waals surface area contributed by atoms with Crippen LogP contribution in [0.3, 0.4) is 0 Å². The molecule has 2 aliphatic heterocycles. The summed E-state index contributed by atoms with van der Waals surface area (Å²) >= 11 is 7.38. The Morgan fingerprint density at radius 1 is 1.44 bits per heavy atom. The molecule has 1 fully saturated rings. The Bertz CT molecular complexity index is 827. The predicted molar refractivity (Wildman–Crippen MR) is 107 cm³/mol. The minimum Gasteiger partial charge on any atom is -0.496 e. The number of methoxy groups -OCH3 is 1. The van der Waals surface area contributed by atoms with Crippen LogP contribution >= 0.6 is 23.4 Å². The Kier molecular flexibility index (Phi) is 6.29. The summed E-state index contributed by atoms with van der Waals surface area (Å²) in [6, 6.07) is 4.94. The first-order chi connectivity index (χ1) is 12.9. The van der Waals surface area contributed by atoms with Gasteiger partial charge in [0.1, 0.15) is 5.75 Å². The highest BCUT2D eigenvalue weighted by atomic mass is 35.5. The molecule has 0 aromatic heterocycles. The number of Topliss-reactive ketones (excluding diaryl/α,β-unsaturated/α-hetero) is 1. The van der Waals surface area contributed by atoms with Gasteiger partial charge in [-0.1, -0.05) is 23.4 Å². The number of benzene rings is 1.